The van der Waals surface area contributed by atoms with Crippen molar-refractivity contribution in [3.05, 3.63) is 148 Å². The lowest BCUT2D eigenvalue weighted by Gasteiger charge is -2.36. The molecule has 5 aromatic rings. The molecule has 1 amide bonds. The van der Waals surface area contributed by atoms with Gasteiger partial charge in [-0.15, -0.1) is 0 Å². The number of thioether (sulfide) groups is 1. The van der Waals surface area contributed by atoms with Gasteiger partial charge >= 0.3 is 0 Å². The molecule has 1 fully saturated rings. The quantitative estimate of drug-likeness (QED) is 0.0512. The summed E-state index contributed by atoms with van der Waals surface area (Å²) in [5.41, 5.74) is 2.83. The Balaban J connectivity index is 1.20. The third kappa shape index (κ3) is 7.65. The van der Waals surface area contributed by atoms with Crippen molar-refractivity contribution in [2.45, 2.75) is 43.2 Å². The molecule has 0 unspecified atom stereocenters. The van der Waals surface area contributed by atoms with E-state index in [-0.39, 0.29) is 25.4 Å². The number of benzene rings is 4. The molecule has 13 heteroatoms. The van der Waals surface area contributed by atoms with E-state index in [0.717, 1.165) is 22.3 Å². The van der Waals surface area contributed by atoms with Crippen LogP contribution in [0.4, 0.5) is 22.0 Å². The fraction of sp³-hybridized carbons (Fsp3) is 0.194. The molecular formula is C36H28F5N3O4S. The first-order valence-electron chi connectivity index (χ1n) is 15.1. The fourth-order valence-corrected chi connectivity index (χ4v) is 6.21. The smallest absolute Gasteiger partial charge is 0.257 e. The highest BCUT2D eigenvalue weighted by atomic mass is 32.2. The van der Waals surface area contributed by atoms with Crippen molar-refractivity contribution >= 4 is 17.7 Å². The average molecular weight is 694 g/mol. The van der Waals surface area contributed by atoms with Gasteiger partial charge in [0.1, 0.15) is 5.56 Å². The van der Waals surface area contributed by atoms with Crippen LogP contribution < -0.4 is 5.32 Å². The highest BCUT2D eigenvalue weighted by Gasteiger charge is 2.33. The van der Waals surface area contributed by atoms with Crippen molar-refractivity contribution in [1.29, 1.82) is 0 Å². The lowest BCUT2D eigenvalue weighted by Crippen LogP contribution is -2.31. The zero-order valence-electron chi connectivity index (χ0n) is 25.6. The number of amides is 1. The lowest BCUT2D eigenvalue weighted by molar-refractivity contribution is -0.245. The van der Waals surface area contributed by atoms with E-state index in [0.29, 0.717) is 28.5 Å². The van der Waals surface area contributed by atoms with Gasteiger partial charge in [0, 0.05) is 36.7 Å². The normalized spacial score (nSPS) is 17.6. The summed E-state index contributed by atoms with van der Waals surface area (Å²) < 4.78 is 82.0. The van der Waals surface area contributed by atoms with E-state index >= 15 is 0 Å². The van der Waals surface area contributed by atoms with Crippen LogP contribution in [0.1, 0.15) is 51.4 Å². The van der Waals surface area contributed by atoms with Crippen LogP contribution in [0, 0.1) is 29.1 Å². The van der Waals surface area contributed by atoms with Crippen molar-refractivity contribution in [2.24, 2.45) is 0 Å². The molecule has 252 valence electrons. The monoisotopic (exact) mass is 693 g/mol. The van der Waals surface area contributed by atoms with Crippen LogP contribution in [-0.4, -0.2) is 32.8 Å². The minimum Gasteiger partial charge on any atom is -0.392 e. The van der Waals surface area contributed by atoms with E-state index in [1.807, 2.05) is 48.5 Å². The number of ether oxygens (including phenoxy) is 2. The molecule has 2 heterocycles. The summed E-state index contributed by atoms with van der Waals surface area (Å²) in [5.74, 6) is -12.0. The van der Waals surface area contributed by atoms with Crippen LogP contribution in [0.3, 0.4) is 0 Å². The molecule has 0 bridgehead atoms. The van der Waals surface area contributed by atoms with Gasteiger partial charge in [-0.05, 0) is 33.9 Å². The van der Waals surface area contributed by atoms with Crippen LogP contribution in [0.5, 0.6) is 0 Å². The van der Waals surface area contributed by atoms with Gasteiger partial charge in [0.25, 0.3) is 5.91 Å². The number of aromatic nitrogens is 2. The van der Waals surface area contributed by atoms with Crippen molar-refractivity contribution in [2.75, 3.05) is 5.75 Å². The summed E-state index contributed by atoms with van der Waals surface area (Å²) in [4.78, 5) is 21.1. The van der Waals surface area contributed by atoms with Crippen LogP contribution >= 0.6 is 11.8 Å². The number of nitrogens with zero attached hydrogens (tertiary/aromatic N) is 2. The Morgan fingerprint density at radius 2 is 1.43 bits per heavy atom. The second-order valence-corrected chi connectivity index (χ2v) is 12.1. The second-order valence-electron chi connectivity index (χ2n) is 11.1. The fourth-order valence-electron chi connectivity index (χ4n) is 5.39. The van der Waals surface area contributed by atoms with Crippen molar-refractivity contribution in [3.63, 3.8) is 0 Å². The largest absolute Gasteiger partial charge is 0.392 e. The van der Waals surface area contributed by atoms with E-state index in [4.69, 9.17) is 9.47 Å². The predicted molar refractivity (Wildman–Crippen MR) is 170 cm³/mol. The van der Waals surface area contributed by atoms with Crippen molar-refractivity contribution in [1.82, 2.24) is 15.3 Å². The first-order valence-corrected chi connectivity index (χ1v) is 16.1. The van der Waals surface area contributed by atoms with Gasteiger partial charge in [-0.1, -0.05) is 84.6 Å². The van der Waals surface area contributed by atoms with Crippen LogP contribution in [0.2, 0.25) is 0 Å². The average Bonchev–Trinajstić information content (AvgIpc) is 3.15. The molecule has 49 heavy (non-hydrogen) atoms. The molecule has 0 spiro atoms. The van der Waals surface area contributed by atoms with E-state index in [1.54, 1.807) is 42.7 Å². The summed E-state index contributed by atoms with van der Waals surface area (Å²) in [6.45, 7) is -0.326. The first-order chi connectivity index (χ1) is 23.7. The predicted octanol–water partition coefficient (Wildman–Crippen LogP) is 7.60. The van der Waals surface area contributed by atoms with Gasteiger partial charge in [-0.2, -0.15) is 0 Å². The molecule has 1 saturated heterocycles. The highest BCUT2D eigenvalue weighted by molar-refractivity contribution is 7.99. The Labute approximate surface area is 282 Å². The third-order valence-corrected chi connectivity index (χ3v) is 8.95. The maximum atomic E-state index is 14.2. The van der Waals surface area contributed by atoms with Gasteiger partial charge in [-0.25, -0.2) is 31.9 Å². The lowest BCUT2D eigenvalue weighted by atomic mass is 9.97. The molecule has 3 atom stereocenters. The first kappa shape index (κ1) is 34.2. The minimum absolute atomic E-state index is 0.0684. The standard InChI is InChI=1S/C36H28F5N3O4S/c37-29-28(30(38)32(40)33(41)31(29)39)34(46)44-17-24-4-1-2-5-26(24)21-10-12-23(13-11-21)35-47-25(19-49-36-42-14-3-15-43-36)16-27(48-35)22-8-6-20(18-45)7-9-22/h1-15,25,27,35,45H,16-19H2,(H,44,46)/t25-,27+,35+/m0/s1. The Hall–Kier alpha value is -4.69. The number of aliphatic hydroxyl groups is 1. The number of hydrogen-bond donors (Lipinski definition) is 2. The molecule has 6 rings (SSSR count). The molecular weight excluding hydrogens is 665 g/mol. The summed E-state index contributed by atoms with van der Waals surface area (Å²) in [5, 5.41) is 12.4. The Morgan fingerprint density at radius 3 is 2.10 bits per heavy atom. The van der Waals surface area contributed by atoms with Crippen LogP contribution in [0.15, 0.2) is 96.4 Å². The van der Waals surface area contributed by atoms with Gasteiger partial charge in [0.15, 0.2) is 34.7 Å². The molecule has 7 nitrogen and oxygen atoms in total. The molecule has 4 aromatic carbocycles. The second kappa shape index (κ2) is 15.2. The molecule has 0 radical (unpaired) electrons. The molecule has 1 aliphatic heterocycles. The molecule has 1 aliphatic rings. The Bertz CT molecular complexity index is 1910. The third-order valence-electron chi connectivity index (χ3n) is 7.94. The summed E-state index contributed by atoms with van der Waals surface area (Å²) in [6, 6.07) is 23.5. The van der Waals surface area contributed by atoms with Gasteiger partial charge < -0.3 is 19.9 Å². The Morgan fingerprint density at radius 1 is 0.796 bits per heavy atom. The molecule has 1 aromatic heterocycles. The topological polar surface area (TPSA) is 93.6 Å². The maximum Gasteiger partial charge on any atom is 0.257 e. The number of rotatable bonds is 10. The molecule has 2 N–H and O–H groups in total. The van der Waals surface area contributed by atoms with Gasteiger partial charge in [-0.3, -0.25) is 4.79 Å². The van der Waals surface area contributed by atoms with Crippen LogP contribution in [-0.2, 0) is 22.6 Å². The van der Waals surface area contributed by atoms with E-state index in [2.05, 4.69) is 15.3 Å². The highest BCUT2D eigenvalue weighted by Crippen LogP contribution is 2.40. The zero-order valence-corrected chi connectivity index (χ0v) is 26.4. The number of carbonyl (C=O) groups excluding carboxylic acids is 1. The number of carbonyl (C=O) groups is 1. The van der Waals surface area contributed by atoms with E-state index in [1.165, 1.54) is 11.8 Å². The summed E-state index contributed by atoms with van der Waals surface area (Å²) in [7, 11) is 0. The zero-order chi connectivity index (χ0) is 34.5. The van der Waals surface area contributed by atoms with Crippen molar-refractivity contribution in [3.8, 4) is 11.1 Å². The molecule has 0 saturated carbocycles. The summed E-state index contributed by atoms with van der Waals surface area (Å²) >= 11 is 1.48. The van der Waals surface area contributed by atoms with Gasteiger partial charge in [0.2, 0.25) is 5.82 Å². The molecule has 0 aliphatic carbocycles. The van der Waals surface area contributed by atoms with Gasteiger partial charge in [0.05, 0.1) is 18.8 Å². The number of nitrogens with one attached hydrogen (secondary N) is 1. The maximum absolute atomic E-state index is 14.2. The number of hydrogen-bond acceptors (Lipinski definition) is 7. The van der Waals surface area contributed by atoms with E-state index in [9.17, 15) is 31.9 Å². The number of aliphatic hydroxyl groups excluding tert-OH is 1. The van der Waals surface area contributed by atoms with Crippen LogP contribution in [0.25, 0.3) is 11.1 Å². The Kier molecular flexibility index (Phi) is 10.6. The number of halogens is 5. The minimum atomic E-state index is -2.34. The van der Waals surface area contributed by atoms with Crippen molar-refractivity contribution < 1.29 is 41.3 Å². The SMILES string of the molecule is O=C(NCc1ccccc1-c1ccc([C@@H]2O[C@H](CSc3ncccn3)C[C@H](c3ccc(CO)cc3)O2)cc1)c1c(F)c(F)c(F)c(F)c1F. The summed E-state index contributed by atoms with van der Waals surface area (Å²) in [6.07, 6.45) is 2.71. The van der Waals surface area contributed by atoms with E-state index < -0.39 is 46.8 Å².